The summed E-state index contributed by atoms with van der Waals surface area (Å²) < 4.78 is 23.0. The van der Waals surface area contributed by atoms with Gasteiger partial charge in [-0.2, -0.15) is 10.5 Å². The number of Topliss-reactive ketones (excluding diaryl/α,β-unsaturated/α-hetero) is 2. The molecule has 0 fully saturated rings. The second kappa shape index (κ2) is 18.1. The van der Waals surface area contributed by atoms with Crippen LogP contribution in [0.2, 0.25) is 0 Å². The number of hydrogen-bond donors (Lipinski definition) is 0. The summed E-state index contributed by atoms with van der Waals surface area (Å²) in [7, 11) is 6.50. The zero-order valence-corrected chi connectivity index (χ0v) is 30.5. The first-order valence-electron chi connectivity index (χ1n) is 17.8. The second-order valence-electron chi connectivity index (χ2n) is 13.2. The number of hydrogen-bond acceptors (Lipinski definition) is 8. The number of aryl methyl sites for hydroxylation is 4. The van der Waals surface area contributed by atoms with Gasteiger partial charge >= 0.3 is 0 Å². The predicted octanol–water partition coefficient (Wildman–Crippen LogP) is 8.70. The molecule has 268 valence electrons. The van der Waals surface area contributed by atoms with Crippen molar-refractivity contribution >= 4 is 11.6 Å². The quantitative estimate of drug-likeness (QED) is 0.208. The van der Waals surface area contributed by atoms with E-state index in [1.165, 1.54) is 0 Å². The van der Waals surface area contributed by atoms with Gasteiger partial charge in [0.05, 0.1) is 40.6 Å². The lowest BCUT2D eigenvalue weighted by Gasteiger charge is -2.17. The number of carbonyl (C=O) groups excluding carboxylic acids is 2. The number of carbonyl (C=O) groups is 2. The zero-order chi connectivity index (χ0) is 37.0. The average molecular weight is 699 g/mol. The van der Waals surface area contributed by atoms with Crippen LogP contribution in [0.25, 0.3) is 22.3 Å². The lowest BCUT2D eigenvalue weighted by molar-refractivity contribution is -0.122. The highest BCUT2D eigenvalue weighted by atomic mass is 16.5. The van der Waals surface area contributed by atoms with E-state index < -0.39 is 11.8 Å². The van der Waals surface area contributed by atoms with Crippen molar-refractivity contribution in [1.29, 1.82) is 10.5 Å². The summed E-state index contributed by atoms with van der Waals surface area (Å²) in [6.45, 7) is 0. The molecule has 1 aliphatic carbocycles. The molecule has 5 rings (SSSR count). The lowest BCUT2D eigenvalue weighted by Crippen LogP contribution is -2.14. The van der Waals surface area contributed by atoms with Gasteiger partial charge in [0.15, 0.2) is 0 Å². The highest BCUT2D eigenvalue weighted by Crippen LogP contribution is 2.40. The number of ketones is 2. The Balaban J connectivity index is 1.48. The van der Waals surface area contributed by atoms with Crippen LogP contribution in [0.4, 0.5) is 0 Å². The standard InChI is InChI=1S/C44H46N2O6/c1-49-41-19-13-29-7-5-9-39(47)34(28-46)18-12-32-16-22-44(52-4)38(26-32)36-24-30(14-20-42(36)50-2)8-6-10-40(48)33(27-45)17-11-31-15-21-43(51-3)37(25-31)35(41)23-29/h13-16,19-26,33-34H,5-12,17-18H2,1-4H3. The topological polar surface area (TPSA) is 119 Å². The molecule has 0 spiro atoms. The molecule has 0 amide bonds. The molecule has 52 heavy (non-hydrogen) atoms. The van der Waals surface area contributed by atoms with Gasteiger partial charge in [-0.05, 0) is 122 Å². The number of benzene rings is 4. The number of nitriles is 2. The molecule has 2 unspecified atom stereocenters. The molecule has 0 saturated carbocycles. The maximum Gasteiger partial charge on any atom is 0.150 e. The molecule has 8 heteroatoms. The first-order chi connectivity index (χ1) is 25.3. The van der Waals surface area contributed by atoms with Crippen LogP contribution >= 0.6 is 0 Å². The van der Waals surface area contributed by atoms with Crippen molar-refractivity contribution in [1.82, 2.24) is 0 Å². The molecule has 1 aliphatic rings. The van der Waals surface area contributed by atoms with E-state index in [0.717, 1.165) is 44.5 Å². The third-order valence-electron chi connectivity index (χ3n) is 9.95. The van der Waals surface area contributed by atoms with E-state index in [2.05, 4.69) is 24.3 Å². The molecule has 2 atom stereocenters. The number of ether oxygens (including phenoxy) is 4. The number of rotatable bonds is 4. The fraction of sp³-hybridized carbons (Fsp3) is 0.364. The Kier molecular flexibility index (Phi) is 13.1. The van der Waals surface area contributed by atoms with Crippen LogP contribution in [0.5, 0.6) is 23.0 Å². The minimum atomic E-state index is -0.705. The highest BCUT2D eigenvalue weighted by Gasteiger charge is 2.21. The number of fused-ring (bicyclic) bond motifs is 10. The Morgan fingerprint density at radius 1 is 0.462 bits per heavy atom. The molecule has 4 aromatic carbocycles. The summed E-state index contributed by atoms with van der Waals surface area (Å²) in [4.78, 5) is 26.6. The SMILES string of the molecule is COc1ccc2cc1-c1cc(ccc1OC)CCC(C#N)C(=O)CCCc1ccc(OC)c(c1)-c1cc(ccc1OC)CCC(C#N)C(=O)CCC2. The Morgan fingerprint density at radius 2 is 0.750 bits per heavy atom. The third-order valence-corrected chi connectivity index (χ3v) is 9.95. The van der Waals surface area contributed by atoms with Crippen LogP contribution in [0.3, 0.4) is 0 Å². The van der Waals surface area contributed by atoms with Gasteiger partial charge in [0.2, 0.25) is 0 Å². The molecule has 0 saturated heterocycles. The van der Waals surface area contributed by atoms with E-state index in [0.29, 0.717) is 87.2 Å². The minimum Gasteiger partial charge on any atom is -0.496 e. The lowest BCUT2D eigenvalue weighted by atomic mass is 9.90. The van der Waals surface area contributed by atoms with Crippen molar-refractivity contribution in [2.45, 2.75) is 64.2 Å². The van der Waals surface area contributed by atoms with Gasteiger partial charge in [0.1, 0.15) is 46.4 Å². The van der Waals surface area contributed by atoms with Crippen LogP contribution < -0.4 is 18.9 Å². The zero-order valence-electron chi connectivity index (χ0n) is 30.5. The Labute approximate surface area is 306 Å². The van der Waals surface area contributed by atoms with Crippen molar-refractivity contribution in [3.63, 3.8) is 0 Å². The normalized spacial score (nSPS) is 17.3. The molecule has 8 bridgehead atoms. The number of methoxy groups -OCH3 is 4. The van der Waals surface area contributed by atoms with Crippen molar-refractivity contribution in [3.8, 4) is 57.4 Å². The van der Waals surface area contributed by atoms with Gasteiger partial charge in [-0.3, -0.25) is 9.59 Å². The van der Waals surface area contributed by atoms with E-state index in [1.807, 2.05) is 60.7 Å². The summed E-state index contributed by atoms with van der Waals surface area (Å²) in [5.41, 5.74) is 7.44. The van der Waals surface area contributed by atoms with Gasteiger partial charge in [0.25, 0.3) is 0 Å². The van der Waals surface area contributed by atoms with Crippen molar-refractivity contribution < 1.29 is 28.5 Å². The number of nitrogens with zero attached hydrogens (tertiary/aromatic N) is 2. The maximum atomic E-state index is 13.3. The van der Waals surface area contributed by atoms with Crippen LogP contribution in [-0.2, 0) is 35.3 Å². The van der Waals surface area contributed by atoms with Crippen LogP contribution in [0.15, 0.2) is 72.8 Å². The highest BCUT2D eigenvalue weighted by molar-refractivity contribution is 5.84. The smallest absolute Gasteiger partial charge is 0.150 e. The monoisotopic (exact) mass is 698 g/mol. The molecular weight excluding hydrogens is 652 g/mol. The Morgan fingerprint density at radius 3 is 1.02 bits per heavy atom. The van der Waals surface area contributed by atoms with E-state index in [1.54, 1.807) is 28.4 Å². The molecule has 0 radical (unpaired) electrons. The third kappa shape index (κ3) is 9.00. The average Bonchev–Trinajstić information content (AvgIpc) is 3.17. The van der Waals surface area contributed by atoms with E-state index in [4.69, 9.17) is 18.9 Å². The van der Waals surface area contributed by atoms with E-state index in [9.17, 15) is 20.1 Å². The molecule has 0 aromatic heterocycles. The van der Waals surface area contributed by atoms with Crippen LogP contribution in [0, 0.1) is 34.5 Å². The van der Waals surface area contributed by atoms with Gasteiger partial charge in [-0.1, -0.05) is 24.3 Å². The molecule has 0 N–H and O–H groups in total. The first kappa shape index (κ1) is 37.7. The van der Waals surface area contributed by atoms with E-state index in [-0.39, 0.29) is 11.6 Å². The summed E-state index contributed by atoms with van der Waals surface area (Å²) in [6, 6.07) is 28.3. The van der Waals surface area contributed by atoms with Crippen LogP contribution in [-0.4, -0.2) is 40.0 Å². The summed E-state index contributed by atoms with van der Waals surface area (Å²) in [5, 5.41) is 20.0. The first-order valence-corrected chi connectivity index (χ1v) is 17.8. The largest absolute Gasteiger partial charge is 0.496 e. The molecule has 8 nitrogen and oxygen atoms in total. The fourth-order valence-electron chi connectivity index (χ4n) is 6.98. The fourth-order valence-corrected chi connectivity index (χ4v) is 6.98. The second-order valence-corrected chi connectivity index (χ2v) is 13.2. The minimum absolute atomic E-state index is 0.0516. The Bertz CT molecular complexity index is 1840. The molecule has 0 heterocycles. The van der Waals surface area contributed by atoms with Crippen LogP contribution in [0.1, 0.15) is 60.8 Å². The summed E-state index contributed by atoms with van der Waals surface area (Å²) in [5.74, 6) is 1.21. The Hall–Kier alpha value is -5.60. The van der Waals surface area contributed by atoms with Gasteiger partial charge in [0, 0.05) is 35.1 Å². The van der Waals surface area contributed by atoms with Gasteiger partial charge in [-0.15, -0.1) is 0 Å². The molecule has 0 aliphatic heterocycles. The van der Waals surface area contributed by atoms with Crippen molar-refractivity contribution in [2.24, 2.45) is 11.8 Å². The predicted molar refractivity (Wildman–Crippen MR) is 201 cm³/mol. The maximum absolute atomic E-state index is 13.3. The summed E-state index contributed by atoms with van der Waals surface area (Å²) in [6.07, 6.45) is 5.04. The van der Waals surface area contributed by atoms with Gasteiger partial charge < -0.3 is 18.9 Å². The summed E-state index contributed by atoms with van der Waals surface area (Å²) >= 11 is 0. The van der Waals surface area contributed by atoms with Gasteiger partial charge in [-0.25, -0.2) is 0 Å². The van der Waals surface area contributed by atoms with E-state index >= 15 is 0 Å². The molecular formula is C44H46N2O6. The van der Waals surface area contributed by atoms with Crippen molar-refractivity contribution in [3.05, 3.63) is 95.1 Å². The van der Waals surface area contributed by atoms with Crippen molar-refractivity contribution in [2.75, 3.05) is 28.4 Å². The molecule has 4 aromatic rings.